The second-order valence-electron chi connectivity index (χ2n) is 6.31. The Hall–Kier alpha value is -2.80. The Labute approximate surface area is 161 Å². The van der Waals surface area contributed by atoms with E-state index in [2.05, 4.69) is 5.32 Å². The minimum atomic E-state index is -0.927. The van der Waals surface area contributed by atoms with Crippen LogP contribution in [0.1, 0.15) is 29.8 Å². The number of nitrogens with zero attached hydrogens (tertiary/aromatic N) is 1. The van der Waals surface area contributed by atoms with Gasteiger partial charge in [0.25, 0.3) is 5.91 Å². The summed E-state index contributed by atoms with van der Waals surface area (Å²) in [6.07, 6.45) is 0.751. The van der Waals surface area contributed by atoms with Gasteiger partial charge in [0, 0.05) is 29.7 Å². The Morgan fingerprint density at radius 1 is 1.19 bits per heavy atom. The van der Waals surface area contributed by atoms with Crippen molar-refractivity contribution in [2.45, 2.75) is 30.4 Å². The largest absolute Gasteiger partial charge is 0.480 e. The van der Waals surface area contributed by atoms with Crippen molar-refractivity contribution >= 4 is 40.9 Å². The summed E-state index contributed by atoms with van der Waals surface area (Å²) >= 11 is 1.14. The van der Waals surface area contributed by atoms with Gasteiger partial charge in [-0.3, -0.25) is 14.4 Å². The van der Waals surface area contributed by atoms with Crippen LogP contribution in [0.25, 0.3) is 0 Å². The molecule has 7 heteroatoms. The summed E-state index contributed by atoms with van der Waals surface area (Å²) in [5.74, 6) is -1.22. The second-order valence-corrected chi connectivity index (χ2v) is 7.70. The van der Waals surface area contributed by atoms with Crippen LogP contribution in [0.4, 0.5) is 11.4 Å². The number of carboxylic acid groups (broad SMARTS) is 1. The number of aliphatic carboxylic acids is 1. The standard InChI is InChI=1S/C20H20N2O4S/c1-12(20(25)26)27-18-6-4-3-5-16(18)19(24)21-15-7-8-17-14(11-15)9-10-22(17)13(2)23/h3-8,11-12H,9-10H2,1-2H3,(H,21,24)(H,25,26). The van der Waals surface area contributed by atoms with Crippen molar-refractivity contribution in [1.29, 1.82) is 0 Å². The van der Waals surface area contributed by atoms with Crippen molar-refractivity contribution in [3.05, 3.63) is 53.6 Å². The minimum absolute atomic E-state index is 0.00374. The summed E-state index contributed by atoms with van der Waals surface area (Å²) in [6, 6.07) is 12.4. The fourth-order valence-electron chi connectivity index (χ4n) is 3.00. The molecule has 6 nitrogen and oxygen atoms in total. The summed E-state index contributed by atoms with van der Waals surface area (Å²) in [5.41, 5.74) is 2.98. The zero-order valence-electron chi connectivity index (χ0n) is 15.1. The van der Waals surface area contributed by atoms with E-state index in [1.807, 2.05) is 12.1 Å². The molecule has 1 atom stereocenters. The molecule has 140 valence electrons. The minimum Gasteiger partial charge on any atom is -0.480 e. The number of thioether (sulfide) groups is 1. The van der Waals surface area contributed by atoms with Crippen molar-refractivity contribution in [2.24, 2.45) is 0 Å². The molecule has 1 aliphatic heterocycles. The summed E-state index contributed by atoms with van der Waals surface area (Å²) in [7, 11) is 0. The Kier molecular flexibility index (Phi) is 5.51. The van der Waals surface area contributed by atoms with Crippen molar-refractivity contribution in [3.8, 4) is 0 Å². The quantitative estimate of drug-likeness (QED) is 0.772. The van der Waals surface area contributed by atoms with Gasteiger partial charge in [0.05, 0.1) is 5.56 Å². The predicted octanol–water partition coefficient (Wildman–Crippen LogP) is 3.41. The maximum Gasteiger partial charge on any atom is 0.316 e. The molecule has 0 radical (unpaired) electrons. The Bertz CT molecular complexity index is 913. The smallest absolute Gasteiger partial charge is 0.316 e. The molecule has 0 saturated carbocycles. The molecule has 1 aliphatic rings. The first kappa shape index (κ1) is 19.0. The molecule has 2 aromatic carbocycles. The molecular weight excluding hydrogens is 364 g/mol. The Morgan fingerprint density at radius 2 is 1.93 bits per heavy atom. The average molecular weight is 384 g/mol. The summed E-state index contributed by atoms with van der Waals surface area (Å²) in [5, 5.41) is 11.3. The monoisotopic (exact) mass is 384 g/mol. The number of benzene rings is 2. The molecule has 2 aromatic rings. The number of carbonyl (C=O) groups excluding carboxylic acids is 2. The maximum absolute atomic E-state index is 12.7. The summed E-state index contributed by atoms with van der Waals surface area (Å²) in [6.45, 7) is 3.77. The van der Waals surface area contributed by atoms with E-state index in [-0.39, 0.29) is 11.8 Å². The molecule has 27 heavy (non-hydrogen) atoms. The van der Waals surface area contributed by atoms with Crippen molar-refractivity contribution < 1.29 is 19.5 Å². The highest BCUT2D eigenvalue weighted by atomic mass is 32.2. The van der Waals surface area contributed by atoms with E-state index in [0.717, 1.165) is 29.4 Å². The number of hydrogen-bond donors (Lipinski definition) is 2. The number of anilines is 2. The molecule has 0 aromatic heterocycles. The molecular formula is C20H20N2O4S. The third kappa shape index (κ3) is 4.14. The first-order valence-electron chi connectivity index (χ1n) is 8.57. The van der Waals surface area contributed by atoms with Crippen LogP contribution < -0.4 is 10.2 Å². The Balaban J connectivity index is 1.79. The molecule has 2 amide bonds. The van der Waals surface area contributed by atoms with Gasteiger partial charge in [0.2, 0.25) is 5.91 Å². The number of carboxylic acids is 1. The van der Waals surface area contributed by atoms with Gasteiger partial charge in [-0.15, -0.1) is 11.8 Å². The topological polar surface area (TPSA) is 86.7 Å². The fraction of sp³-hybridized carbons (Fsp3) is 0.250. The van der Waals surface area contributed by atoms with Crippen LogP contribution in [0.15, 0.2) is 47.4 Å². The first-order chi connectivity index (χ1) is 12.9. The number of amides is 2. The van der Waals surface area contributed by atoms with Gasteiger partial charge in [-0.25, -0.2) is 0 Å². The van der Waals surface area contributed by atoms with E-state index >= 15 is 0 Å². The normalized spacial score (nSPS) is 13.8. The van der Waals surface area contributed by atoms with Gasteiger partial charge >= 0.3 is 5.97 Å². The zero-order valence-corrected chi connectivity index (χ0v) is 15.9. The zero-order chi connectivity index (χ0) is 19.6. The number of nitrogens with one attached hydrogen (secondary N) is 1. The second kappa shape index (κ2) is 7.84. The van der Waals surface area contributed by atoms with Crippen LogP contribution in [0.2, 0.25) is 0 Å². The van der Waals surface area contributed by atoms with E-state index in [4.69, 9.17) is 5.11 Å². The molecule has 1 unspecified atom stereocenters. The van der Waals surface area contributed by atoms with Gasteiger partial charge in [-0.05, 0) is 49.2 Å². The molecule has 2 N–H and O–H groups in total. The highest BCUT2D eigenvalue weighted by molar-refractivity contribution is 8.00. The van der Waals surface area contributed by atoms with Gasteiger partial charge in [0.15, 0.2) is 0 Å². The highest BCUT2D eigenvalue weighted by Gasteiger charge is 2.23. The fourth-order valence-corrected chi connectivity index (χ4v) is 3.93. The van der Waals surface area contributed by atoms with Crippen molar-refractivity contribution in [1.82, 2.24) is 0 Å². The van der Waals surface area contributed by atoms with Crippen LogP contribution in [0.3, 0.4) is 0 Å². The average Bonchev–Trinajstić information content (AvgIpc) is 3.05. The molecule has 1 heterocycles. The number of rotatable bonds is 5. The van der Waals surface area contributed by atoms with Crippen LogP contribution in [-0.2, 0) is 16.0 Å². The highest BCUT2D eigenvalue weighted by Crippen LogP contribution is 2.31. The molecule has 0 bridgehead atoms. The van der Waals surface area contributed by atoms with Crippen LogP contribution in [-0.4, -0.2) is 34.7 Å². The van der Waals surface area contributed by atoms with Gasteiger partial charge in [0.1, 0.15) is 5.25 Å². The lowest BCUT2D eigenvalue weighted by Gasteiger charge is -2.15. The third-order valence-electron chi connectivity index (χ3n) is 4.40. The molecule has 0 saturated heterocycles. The summed E-state index contributed by atoms with van der Waals surface area (Å²) in [4.78, 5) is 37.8. The number of fused-ring (bicyclic) bond motifs is 1. The molecule has 0 fully saturated rings. The third-order valence-corrected chi connectivity index (χ3v) is 5.56. The lowest BCUT2D eigenvalue weighted by atomic mass is 10.1. The van der Waals surface area contributed by atoms with Gasteiger partial charge < -0.3 is 15.3 Å². The number of hydrogen-bond acceptors (Lipinski definition) is 4. The van der Waals surface area contributed by atoms with E-state index < -0.39 is 11.2 Å². The molecule has 0 aliphatic carbocycles. The maximum atomic E-state index is 12.7. The molecule has 0 spiro atoms. The first-order valence-corrected chi connectivity index (χ1v) is 9.45. The lowest BCUT2D eigenvalue weighted by Crippen LogP contribution is -2.25. The van der Waals surface area contributed by atoms with Crippen LogP contribution in [0.5, 0.6) is 0 Å². The van der Waals surface area contributed by atoms with E-state index in [9.17, 15) is 14.4 Å². The van der Waals surface area contributed by atoms with E-state index in [0.29, 0.717) is 22.7 Å². The van der Waals surface area contributed by atoms with E-state index in [1.165, 1.54) is 6.92 Å². The lowest BCUT2D eigenvalue weighted by molar-refractivity contribution is -0.136. The van der Waals surface area contributed by atoms with Crippen molar-refractivity contribution in [3.63, 3.8) is 0 Å². The molecule has 3 rings (SSSR count). The van der Waals surface area contributed by atoms with Crippen molar-refractivity contribution in [2.75, 3.05) is 16.8 Å². The number of carbonyl (C=O) groups is 3. The van der Waals surface area contributed by atoms with Crippen LogP contribution in [0, 0.1) is 0 Å². The Morgan fingerprint density at radius 3 is 2.63 bits per heavy atom. The van der Waals surface area contributed by atoms with Crippen LogP contribution >= 0.6 is 11.8 Å². The SMILES string of the molecule is CC(=O)N1CCc2cc(NC(=O)c3ccccc3SC(C)C(=O)O)ccc21. The predicted molar refractivity (Wildman–Crippen MR) is 106 cm³/mol. The van der Waals surface area contributed by atoms with Gasteiger partial charge in [-0.1, -0.05) is 12.1 Å². The van der Waals surface area contributed by atoms with E-state index in [1.54, 1.807) is 42.2 Å². The van der Waals surface area contributed by atoms with Gasteiger partial charge in [-0.2, -0.15) is 0 Å². The summed E-state index contributed by atoms with van der Waals surface area (Å²) < 4.78 is 0.